The highest BCUT2D eigenvalue weighted by Gasteiger charge is 2.15. The SMILES string of the molecule is CC(=O)Nc1cc(-c2cc(Cc3ccccc3)c(-c3ncn[nH]3)s2)ccn1. The average Bonchev–Trinajstić information content (AvgIpc) is 3.32. The van der Waals surface area contributed by atoms with Crippen LogP contribution in [0.1, 0.15) is 18.1 Å². The van der Waals surface area contributed by atoms with Crippen LogP contribution in [0.15, 0.2) is 61.1 Å². The van der Waals surface area contributed by atoms with Gasteiger partial charge in [-0.05, 0) is 41.3 Å². The number of carbonyl (C=O) groups is 1. The lowest BCUT2D eigenvalue weighted by Crippen LogP contribution is -2.06. The molecule has 0 spiro atoms. The van der Waals surface area contributed by atoms with Crippen molar-refractivity contribution >= 4 is 23.1 Å². The van der Waals surface area contributed by atoms with Crippen LogP contribution < -0.4 is 5.32 Å². The van der Waals surface area contributed by atoms with Crippen LogP contribution in [0.2, 0.25) is 0 Å². The van der Waals surface area contributed by atoms with E-state index in [1.165, 1.54) is 24.4 Å². The lowest BCUT2D eigenvalue weighted by molar-refractivity contribution is -0.114. The fourth-order valence-corrected chi connectivity index (χ4v) is 3.99. The molecule has 4 rings (SSSR count). The molecule has 134 valence electrons. The monoisotopic (exact) mass is 375 g/mol. The molecule has 0 aliphatic rings. The summed E-state index contributed by atoms with van der Waals surface area (Å²) in [5.41, 5.74) is 3.41. The number of aromatic nitrogens is 4. The summed E-state index contributed by atoms with van der Waals surface area (Å²) in [5, 5.41) is 9.68. The zero-order valence-electron chi connectivity index (χ0n) is 14.6. The van der Waals surface area contributed by atoms with E-state index in [4.69, 9.17) is 0 Å². The van der Waals surface area contributed by atoms with E-state index in [2.05, 4.69) is 43.7 Å². The molecule has 7 heteroatoms. The first kappa shape index (κ1) is 17.1. The van der Waals surface area contributed by atoms with E-state index in [1.54, 1.807) is 17.5 Å². The zero-order chi connectivity index (χ0) is 18.6. The maximum absolute atomic E-state index is 11.3. The second kappa shape index (κ2) is 7.51. The van der Waals surface area contributed by atoms with E-state index in [-0.39, 0.29) is 5.91 Å². The highest BCUT2D eigenvalue weighted by molar-refractivity contribution is 7.19. The number of amides is 1. The molecular formula is C20H17N5OS. The number of hydrogen-bond donors (Lipinski definition) is 2. The van der Waals surface area contributed by atoms with Crippen molar-refractivity contribution in [1.29, 1.82) is 0 Å². The van der Waals surface area contributed by atoms with Crippen molar-refractivity contribution in [3.8, 4) is 21.1 Å². The number of nitrogens with zero attached hydrogens (tertiary/aromatic N) is 3. The van der Waals surface area contributed by atoms with Gasteiger partial charge in [-0.15, -0.1) is 11.3 Å². The minimum absolute atomic E-state index is 0.141. The normalized spacial score (nSPS) is 10.7. The maximum Gasteiger partial charge on any atom is 0.222 e. The molecule has 1 aromatic carbocycles. The Hall–Kier alpha value is -3.32. The van der Waals surface area contributed by atoms with Crippen LogP contribution in [0.4, 0.5) is 5.82 Å². The third-order valence-electron chi connectivity index (χ3n) is 4.03. The lowest BCUT2D eigenvalue weighted by atomic mass is 10.0. The summed E-state index contributed by atoms with van der Waals surface area (Å²) in [4.78, 5) is 22.0. The van der Waals surface area contributed by atoms with E-state index in [1.807, 2.05) is 30.3 Å². The Labute approximate surface area is 160 Å². The Bertz CT molecular complexity index is 1060. The molecule has 0 saturated carbocycles. The molecule has 0 fully saturated rings. The second-order valence-electron chi connectivity index (χ2n) is 6.07. The topological polar surface area (TPSA) is 83.6 Å². The van der Waals surface area contributed by atoms with Crippen LogP contribution in [0.3, 0.4) is 0 Å². The fourth-order valence-electron chi connectivity index (χ4n) is 2.87. The first-order chi connectivity index (χ1) is 13.2. The maximum atomic E-state index is 11.3. The summed E-state index contributed by atoms with van der Waals surface area (Å²) in [6.45, 7) is 1.47. The lowest BCUT2D eigenvalue weighted by Gasteiger charge is -2.03. The number of pyridine rings is 1. The van der Waals surface area contributed by atoms with Gasteiger partial charge in [-0.25, -0.2) is 9.97 Å². The molecule has 0 saturated heterocycles. The van der Waals surface area contributed by atoms with E-state index in [0.29, 0.717) is 5.82 Å². The van der Waals surface area contributed by atoms with Gasteiger partial charge in [0.2, 0.25) is 5.91 Å². The molecule has 0 aliphatic carbocycles. The number of nitrogens with one attached hydrogen (secondary N) is 2. The standard InChI is InChI=1S/C20H17N5OS/c1-13(26)24-18-11-15(7-8-21-18)17-10-16(9-14-5-3-2-4-6-14)19(27-17)20-22-12-23-25-20/h2-8,10-12H,9H2,1H3,(H,21,24,26)(H,22,23,25). The second-order valence-corrected chi connectivity index (χ2v) is 7.12. The van der Waals surface area contributed by atoms with Crippen LogP contribution in [0, 0.1) is 0 Å². The van der Waals surface area contributed by atoms with Crippen molar-refractivity contribution in [3.05, 3.63) is 72.2 Å². The van der Waals surface area contributed by atoms with Crippen molar-refractivity contribution in [1.82, 2.24) is 20.2 Å². The van der Waals surface area contributed by atoms with E-state index in [0.717, 1.165) is 27.6 Å². The van der Waals surface area contributed by atoms with E-state index < -0.39 is 0 Å². The highest BCUT2D eigenvalue weighted by atomic mass is 32.1. The molecule has 0 unspecified atom stereocenters. The van der Waals surface area contributed by atoms with Gasteiger partial charge in [0.25, 0.3) is 0 Å². The van der Waals surface area contributed by atoms with Crippen molar-refractivity contribution in [2.45, 2.75) is 13.3 Å². The number of H-pyrrole nitrogens is 1. The van der Waals surface area contributed by atoms with E-state index in [9.17, 15) is 4.79 Å². The summed E-state index contributed by atoms with van der Waals surface area (Å²) in [5.74, 6) is 1.16. The summed E-state index contributed by atoms with van der Waals surface area (Å²) < 4.78 is 0. The first-order valence-electron chi connectivity index (χ1n) is 8.45. The van der Waals surface area contributed by atoms with Crippen LogP contribution in [0.5, 0.6) is 0 Å². The van der Waals surface area contributed by atoms with E-state index >= 15 is 0 Å². The molecule has 0 atom stereocenters. The smallest absolute Gasteiger partial charge is 0.222 e. The number of hydrogen-bond acceptors (Lipinski definition) is 5. The van der Waals surface area contributed by atoms with Crippen molar-refractivity contribution in [3.63, 3.8) is 0 Å². The minimum Gasteiger partial charge on any atom is -0.311 e. The average molecular weight is 375 g/mol. The Morgan fingerprint density at radius 3 is 2.74 bits per heavy atom. The molecule has 0 bridgehead atoms. The molecular weight excluding hydrogens is 358 g/mol. The molecule has 4 aromatic rings. The zero-order valence-corrected chi connectivity index (χ0v) is 15.5. The van der Waals surface area contributed by atoms with Gasteiger partial charge in [-0.2, -0.15) is 5.10 Å². The molecule has 3 aromatic heterocycles. The minimum atomic E-state index is -0.141. The Kier molecular flexibility index (Phi) is 4.76. The Balaban J connectivity index is 1.74. The van der Waals surface area contributed by atoms with Crippen LogP contribution in [0.25, 0.3) is 21.1 Å². The summed E-state index contributed by atoms with van der Waals surface area (Å²) in [6.07, 6.45) is 4.02. The number of thiophene rings is 1. The van der Waals surface area contributed by atoms with Gasteiger partial charge < -0.3 is 5.32 Å². The number of benzene rings is 1. The summed E-state index contributed by atoms with van der Waals surface area (Å²) in [6, 6.07) is 16.3. The predicted molar refractivity (Wildman–Crippen MR) is 106 cm³/mol. The predicted octanol–water partition coefficient (Wildman–Crippen LogP) is 4.14. The number of anilines is 1. The van der Waals surface area contributed by atoms with Crippen molar-refractivity contribution in [2.24, 2.45) is 0 Å². The molecule has 1 amide bonds. The Morgan fingerprint density at radius 1 is 1.15 bits per heavy atom. The van der Waals surface area contributed by atoms with Crippen LogP contribution in [-0.4, -0.2) is 26.1 Å². The first-order valence-corrected chi connectivity index (χ1v) is 9.27. The third-order valence-corrected chi connectivity index (χ3v) is 5.26. The Morgan fingerprint density at radius 2 is 2.00 bits per heavy atom. The fraction of sp³-hybridized carbons (Fsp3) is 0.100. The van der Waals surface area contributed by atoms with Gasteiger partial charge in [-0.3, -0.25) is 9.89 Å². The van der Waals surface area contributed by atoms with Crippen molar-refractivity contribution in [2.75, 3.05) is 5.32 Å². The van der Waals surface area contributed by atoms with Gasteiger partial charge in [0.05, 0.1) is 4.88 Å². The van der Waals surface area contributed by atoms with Gasteiger partial charge in [0.15, 0.2) is 5.82 Å². The van der Waals surface area contributed by atoms with Gasteiger partial charge in [0, 0.05) is 18.0 Å². The summed E-state index contributed by atoms with van der Waals surface area (Å²) >= 11 is 1.64. The third kappa shape index (κ3) is 3.93. The quantitative estimate of drug-likeness (QED) is 0.549. The largest absolute Gasteiger partial charge is 0.311 e. The van der Waals surface area contributed by atoms with Gasteiger partial charge >= 0.3 is 0 Å². The van der Waals surface area contributed by atoms with Crippen LogP contribution in [-0.2, 0) is 11.2 Å². The van der Waals surface area contributed by atoms with Crippen LogP contribution >= 0.6 is 11.3 Å². The van der Waals surface area contributed by atoms with Gasteiger partial charge in [-0.1, -0.05) is 30.3 Å². The molecule has 3 heterocycles. The molecule has 2 N–H and O–H groups in total. The van der Waals surface area contributed by atoms with Gasteiger partial charge in [0.1, 0.15) is 12.1 Å². The molecule has 0 radical (unpaired) electrons. The van der Waals surface area contributed by atoms with Crippen molar-refractivity contribution < 1.29 is 4.79 Å². The summed E-state index contributed by atoms with van der Waals surface area (Å²) in [7, 11) is 0. The number of rotatable bonds is 5. The number of aromatic amines is 1. The number of carbonyl (C=O) groups excluding carboxylic acids is 1. The highest BCUT2D eigenvalue weighted by Crippen LogP contribution is 2.38. The molecule has 6 nitrogen and oxygen atoms in total. The molecule has 27 heavy (non-hydrogen) atoms. The molecule has 0 aliphatic heterocycles.